The molecule has 1 aliphatic carbocycles. The minimum absolute atomic E-state index is 0.119. The smallest absolute Gasteiger partial charge is 0.311 e. The van der Waals surface area contributed by atoms with Crippen molar-refractivity contribution in [1.82, 2.24) is 20.2 Å². The zero-order chi connectivity index (χ0) is 15.0. The molecule has 1 N–H and O–H groups in total. The van der Waals surface area contributed by atoms with Gasteiger partial charge in [-0.1, -0.05) is 17.7 Å². The Balaban J connectivity index is 1.85. The fraction of sp³-hybridized carbons (Fsp3) is 0.385. The van der Waals surface area contributed by atoms with Crippen LogP contribution in [-0.4, -0.2) is 31.3 Å². The van der Waals surface area contributed by atoms with E-state index < -0.39 is 17.2 Å². The Labute approximate surface area is 124 Å². The molecule has 1 heterocycles. The molecule has 3 rings (SSSR count). The largest absolute Gasteiger partial charge is 0.481 e. The van der Waals surface area contributed by atoms with Gasteiger partial charge in [0, 0.05) is 17.0 Å². The molecule has 0 aliphatic heterocycles. The zero-order valence-electron chi connectivity index (χ0n) is 11.0. The Morgan fingerprint density at radius 3 is 2.86 bits per heavy atom. The van der Waals surface area contributed by atoms with Crippen molar-refractivity contribution in [3.05, 3.63) is 40.4 Å². The van der Waals surface area contributed by atoms with Gasteiger partial charge in [-0.05, 0) is 35.4 Å². The lowest BCUT2D eigenvalue weighted by molar-refractivity contribution is -0.144. The van der Waals surface area contributed by atoms with Gasteiger partial charge in [0.15, 0.2) is 5.82 Å². The average Bonchev–Trinajstić information content (AvgIpc) is 3.09. The van der Waals surface area contributed by atoms with E-state index in [1.807, 2.05) is 0 Å². The molecule has 0 unspecified atom stereocenters. The standard InChI is InChI=1S/C13H12ClFN4O2/c14-9-2-1-3-10(15)8(9)6-11-16-17-18-19(11)7-13(4-5-13)12(20)21/h1-3H,4-7H2,(H,20,21). The first-order valence-corrected chi connectivity index (χ1v) is 6.81. The number of carboxylic acid groups (broad SMARTS) is 1. The molecule has 1 aromatic heterocycles. The summed E-state index contributed by atoms with van der Waals surface area (Å²) in [5.41, 5.74) is -0.487. The molecule has 8 heteroatoms. The number of nitrogens with zero attached hydrogens (tertiary/aromatic N) is 4. The maximum absolute atomic E-state index is 13.8. The molecule has 0 radical (unpaired) electrons. The predicted octanol–water partition coefficient (Wildman–Crippen LogP) is 1.92. The quantitative estimate of drug-likeness (QED) is 0.912. The van der Waals surface area contributed by atoms with E-state index in [1.165, 1.54) is 16.8 Å². The van der Waals surface area contributed by atoms with Gasteiger partial charge in [-0.25, -0.2) is 9.07 Å². The normalized spacial score (nSPS) is 15.9. The van der Waals surface area contributed by atoms with Crippen molar-refractivity contribution in [2.24, 2.45) is 5.41 Å². The summed E-state index contributed by atoms with van der Waals surface area (Å²) >= 11 is 5.98. The summed E-state index contributed by atoms with van der Waals surface area (Å²) in [7, 11) is 0. The topological polar surface area (TPSA) is 80.9 Å². The van der Waals surface area contributed by atoms with Crippen molar-refractivity contribution in [2.45, 2.75) is 25.8 Å². The SMILES string of the molecule is O=C(O)C1(Cn2nnnc2Cc2c(F)cccc2Cl)CC1. The van der Waals surface area contributed by atoms with Gasteiger partial charge in [0.1, 0.15) is 5.82 Å². The summed E-state index contributed by atoms with van der Waals surface area (Å²) in [6.07, 6.45) is 1.32. The van der Waals surface area contributed by atoms with E-state index >= 15 is 0 Å². The summed E-state index contributed by atoms with van der Waals surface area (Å²) in [5, 5.41) is 20.7. The number of rotatable bonds is 5. The van der Waals surface area contributed by atoms with Crippen molar-refractivity contribution in [1.29, 1.82) is 0 Å². The van der Waals surface area contributed by atoms with Gasteiger partial charge in [0.2, 0.25) is 0 Å². The number of aromatic nitrogens is 4. The van der Waals surface area contributed by atoms with Crippen LogP contribution in [0.5, 0.6) is 0 Å². The van der Waals surface area contributed by atoms with Crippen LogP contribution in [0, 0.1) is 11.2 Å². The summed E-state index contributed by atoms with van der Waals surface area (Å²) in [4.78, 5) is 11.2. The lowest BCUT2D eigenvalue weighted by Crippen LogP contribution is -2.23. The molecular weight excluding hydrogens is 299 g/mol. The molecule has 1 aromatic carbocycles. The molecule has 0 saturated heterocycles. The molecule has 2 aromatic rings. The fourth-order valence-corrected chi connectivity index (χ4v) is 2.44. The van der Waals surface area contributed by atoms with Crippen LogP contribution in [0.2, 0.25) is 5.02 Å². The lowest BCUT2D eigenvalue weighted by Gasteiger charge is -2.11. The van der Waals surface area contributed by atoms with Crippen LogP contribution in [0.15, 0.2) is 18.2 Å². The van der Waals surface area contributed by atoms with Crippen molar-refractivity contribution in [2.75, 3.05) is 0 Å². The molecule has 1 saturated carbocycles. The molecule has 6 nitrogen and oxygen atoms in total. The van der Waals surface area contributed by atoms with Gasteiger partial charge >= 0.3 is 5.97 Å². The zero-order valence-corrected chi connectivity index (χ0v) is 11.7. The maximum atomic E-state index is 13.8. The summed E-state index contributed by atoms with van der Waals surface area (Å²) in [5.74, 6) is -0.890. The Morgan fingerprint density at radius 2 is 2.24 bits per heavy atom. The molecule has 0 spiro atoms. The first kappa shape index (κ1) is 13.9. The molecule has 1 fully saturated rings. The third-order valence-corrected chi connectivity index (χ3v) is 4.12. The molecular formula is C13H12ClFN4O2. The highest BCUT2D eigenvalue weighted by molar-refractivity contribution is 6.31. The second-order valence-electron chi connectivity index (χ2n) is 5.22. The number of hydrogen-bond acceptors (Lipinski definition) is 4. The summed E-state index contributed by atoms with van der Waals surface area (Å²) in [6.45, 7) is 0.191. The van der Waals surface area contributed by atoms with Crippen LogP contribution in [0.25, 0.3) is 0 Å². The van der Waals surface area contributed by atoms with Crippen LogP contribution in [0.4, 0.5) is 4.39 Å². The molecule has 0 bridgehead atoms. The number of carbonyl (C=O) groups is 1. The predicted molar refractivity (Wildman–Crippen MR) is 71.3 cm³/mol. The van der Waals surface area contributed by atoms with E-state index in [-0.39, 0.29) is 13.0 Å². The van der Waals surface area contributed by atoms with Gasteiger partial charge < -0.3 is 5.11 Å². The molecule has 110 valence electrons. The highest BCUT2D eigenvalue weighted by atomic mass is 35.5. The highest BCUT2D eigenvalue weighted by Crippen LogP contribution is 2.47. The van der Waals surface area contributed by atoms with Gasteiger partial charge in [0.05, 0.1) is 12.0 Å². The van der Waals surface area contributed by atoms with Crippen molar-refractivity contribution < 1.29 is 14.3 Å². The van der Waals surface area contributed by atoms with Crippen LogP contribution < -0.4 is 0 Å². The highest BCUT2D eigenvalue weighted by Gasteiger charge is 2.51. The minimum Gasteiger partial charge on any atom is -0.481 e. The van der Waals surface area contributed by atoms with Gasteiger partial charge in [-0.2, -0.15) is 0 Å². The van der Waals surface area contributed by atoms with Gasteiger partial charge in [-0.15, -0.1) is 5.10 Å². The Hall–Kier alpha value is -2.02. The van der Waals surface area contributed by atoms with Gasteiger partial charge in [0.25, 0.3) is 0 Å². The third-order valence-electron chi connectivity index (χ3n) is 3.76. The minimum atomic E-state index is -0.854. The van der Waals surface area contributed by atoms with E-state index in [0.29, 0.717) is 29.3 Å². The molecule has 0 amide bonds. The molecule has 21 heavy (non-hydrogen) atoms. The maximum Gasteiger partial charge on any atom is 0.311 e. The van der Waals surface area contributed by atoms with E-state index in [1.54, 1.807) is 6.07 Å². The number of tetrazole rings is 1. The number of aliphatic carboxylic acids is 1. The van der Waals surface area contributed by atoms with Crippen LogP contribution >= 0.6 is 11.6 Å². The lowest BCUT2D eigenvalue weighted by atomic mass is 10.1. The van der Waals surface area contributed by atoms with Gasteiger partial charge in [-0.3, -0.25) is 4.79 Å². The number of halogens is 2. The molecule has 1 aliphatic rings. The second-order valence-corrected chi connectivity index (χ2v) is 5.62. The molecule has 0 atom stereocenters. The summed E-state index contributed by atoms with van der Waals surface area (Å²) in [6, 6.07) is 4.43. The Kier molecular flexibility index (Phi) is 3.36. The van der Waals surface area contributed by atoms with E-state index in [4.69, 9.17) is 11.6 Å². The Bertz CT molecular complexity index is 679. The fourth-order valence-electron chi connectivity index (χ4n) is 2.21. The monoisotopic (exact) mass is 310 g/mol. The average molecular weight is 311 g/mol. The first-order chi connectivity index (χ1) is 10.0. The van der Waals surface area contributed by atoms with E-state index in [9.17, 15) is 14.3 Å². The van der Waals surface area contributed by atoms with E-state index in [0.717, 1.165) is 0 Å². The van der Waals surface area contributed by atoms with Crippen LogP contribution in [0.3, 0.4) is 0 Å². The number of hydrogen-bond donors (Lipinski definition) is 1. The summed E-state index contributed by atoms with van der Waals surface area (Å²) < 4.78 is 15.2. The Morgan fingerprint density at radius 1 is 1.48 bits per heavy atom. The third kappa shape index (κ3) is 2.61. The number of benzene rings is 1. The van der Waals surface area contributed by atoms with Crippen molar-refractivity contribution in [3.63, 3.8) is 0 Å². The van der Waals surface area contributed by atoms with Crippen molar-refractivity contribution >= 4 is 17.6 Å². The van der Waals surface area contributed by atoms with E-state index in [2.05, 4.69) is 15.5 Å². The number of carboxylic acids is 1. The van der Waals surface area contributed by atoms with Crippen LogP contribution in [0.1, 0.15) is 24.2 Å². The first-order valence-electron chi connectivity index (χ1n) is 6.43. The second kappa shape index (κ2) is 5.07. The van der Waals surface area contributed by atoms with Crippen molar-refractivity contribution in [3.8, 4) is 0 Å². The van der Waals surface area contributed by atoms with Crippen LogP contribution in [-0.2, 0) is 17.8 Å².